The highest BCUT2D eigenvalue weighted by Gasteiger charge is 2.35. The summed E-state index contributed by atoms with van der Waals surface area (Å²) in [6, 6.07) is 0. The van der Waals surface area contributed by atoms with Crippen molar-refractivity contribution < 1.29 is 14.2 Å². The van der Waals surface area contributed by atoms with E-state index < -0.39 is 0 Å². The molecule has 0 aromatic heterocycles. The Kier molecular flexibility index (Phi) is 11.3. The van der Waals surface area contributed by atoms with Crippen LogP contribution in [0.2, 0.25) is 0 Å². The number of guanidine groups is 1. The zero-order chi connectivity index (χ0) is 18.1. The first-order valence-corrected chi connectivity index (χ1v) is 9.39. The summed E-state index contributed by atoms with van der Waals surface area (Å²) < 4.78 is 16.3. The van der Waals surface area contributed by atoms with Gasteiger partial charge in [0.05, 0.1) is 19.8 Å². The van der Waals surface area contributed by atoms with Crippen molar-refractivity contribution >= 4 is 29.9 Å². The predicted octanol–water partition coefficient (Wildman–Crippen LogP) is 1.28. The Balaban J connectivity index is 0.00000338. The van der Waals surface area contributed by atoms with E-state index >= 15 is 0 Å². The molecule has 1 N–H and O–H groups in total. The number of likely N-dealkylation sites (tertiary alicyclic amines) is 1. The van der Waals surface area contributed by atoms with Gasteiger partial charge in [0.15, 0.2) is 5.96 Å². The van der Waals surface area contributed by atoms with Gasteiger partial charge < -0.3 is 29.3 Å². The number of nitrogens with zero attached hydrogens (tertiary/aromatic N) is 3. The van der Waals surface area contributed by atoms with Gasteiger partial charge in [0.25, 0.3) is 0 Å². The number of hydrogen-bond donors (Lipinski definition) is 1. The summed E-state index contributed by atoms with van der Waals surface area (Å²) >= 11 is 0. The fraction of sp³-hybridized carbons (Fsp3) is 0.944. The molecule has 0 aromatic carbocycles. The Bertz CT molecular complexity index is 417. The second-order valence-corrected chi connectivity index (χ2v) is 7.30. The third-order valence-corrected chi connectivity index (χ3v) is 5.53. The number of aliphatic imine (C=N–C) groups is 1. The van der Waals surface area contributed by atoms with Gasteiger partial charge in [-0.3, -0.25) is 4.99 Å². The third kappa shape index (κ3) is 6.78. The van der Waals surface area contributed by atoms with Crippen molar-refractivity contribution in [2.45, 2.75) is 24.8 Å². The lowest BCUT2D eigenvalue weighted by atomic mass is 9.88. The summed E-state index contributed by atoms with van der Waals surface area (Å²) in [5.74, 6) is 1.58. The van der Waals surface area contributed by atoms with Crippen LogP contribution in [-0.4, -0.2) is 102 Å². The van der Waals surface area contributed by atoms with Gasteiger partial charge >= 0.3 is 0 Å². The van der Waals surface area contributed by atoms with Crippen LogP contribution in [0.3, 0.4) is 0 Å². The molecule has 1 atom stereocenters. The van der Waals surface area contributed by atoms with Gasteiger partial charge in [-0.2, -0.15) is 0 Å². The fourth-order valence-corrected chi connectivity index (χ4v) is 3.66. The van der Waals surface area contributed by atoms with Crippen LogP contribution < -0.4 is 5.32 Å². The van der Waals surface area contributed by atoms with Crippen molar-refractivity contribution in [1.29, 1.82) is 0 Å². The Morgan fingerprint density at radius 1 is 1.31 bits per heavy atom. The second kappa shape index (κ2) is 12.3. The number of halogens is 1. The summed E-state index contributed by atoms with van der Waals surface area (Å²) in [6.45, 7) is 6.76. The third-order valence-electron chi connectivity index (χ3n) is 5.53. The van der Waals surface area contributed by atoms with Gasteiger partial charge in [-0.25, -0.2) is 0 Å². The molecule has 26 heavy (non-hydrogen) atoms. The van der Waals surface area contributed by atoms with E-state index in [0.717, 1.165) is 64.7 Å². The maximum absolute atomic E-state index is 5.69. The monoisotopic (exact) mass is 484 g/mol. The van der Waals surface area contributed by atoms with Crippen molar-refractivity contribution in [2.75, 3.05) is 80.9 Å². The number of rotatable bonds is 8. The topological polar surface area (TPSA) is 58.6 Å². The van der Waals surface area contributed by atoms with Crippen LogP contribution in [-0.2, 0) is 14.2 Å². The van der Waals surface area contributed by atoms with E-state index in [4.69, 9.17) is 14.2 Å². The fourth-order valence-electron chi connectivity index (χ4n) is 3.66. The molecule has 0 bridgehead atoms. The largest absolute Gasteiger partial charge is 0.382 e. The summed E-state index contributed by atoms with van der Waals surface area (Å²) in [6.07, 6.45) is 3.26. The molecule has 0 aliphatic carbocycles. The summed E-state index contributed by atoms with van der Waals surface area (Å²) in [4.78, 5) is 9.20. The van der Waals surface area contributed by atoms with E-state index in [2.05, 4.69) is 34.2 Å². The van der Waals surface area contributed by atoms with Crippen molar-refractivity contribution in [1.82, 2.24) is 15.1 Å². The molecule has 2 heterocycles. The minimum absolute atomic E-state index is 0. The number of methoxy groups -OCH3 is 1. The lowest BCUT2D eigenvalue weighted by Gasteiger charge is -2.43. The summed E-state index contributed by atoms with van der Waals surface area (Å²) in [5, 5.41) is 3.62. The average Bonchev–Trinajstić information content (AvgIpc) is 3.09. The highest BCUT2D eigenvalue weighted by molar-refractivity contribution is 14.0. The minimum Gasteiger partial charge on any atom is -0.382 e. The molecule has 8 heteroatoms. The van der Waals surface area contributed by atoms with Crippen LogP contribution >= 0.6 is 24.0 Å². The van der Waals surface area contributed by atoms with Crippen LogP contribution in [0.25, 0.3) is 0 Å². The maximum Gasteiger partial charge on any atom is 0.193 e. The Morgan fingerprint density at radius 2 is 2.04 bits per heavy atom. The quantitative estimate of drug-likeness (QED) is 0.243. The molecule has 0 aromatic rings. The van der Waals surface area contributed by atoms with Gasteiger partial charge in [-0.05, 0) is 33.4 Å². The van der Waals surface area contributed by atoms with E-state index in [9.17, 15) is 0 Å². The zero-order valence-electron chi connectivity index (χ0n) is 16.8. The minimum atomic E-state index is 0. The molecule has 2 aliphatic heterocycles. The van der Waals surface area contributed by atoms with E-state index in [1.165, 1.54) is 0 Å². The highest BCUT2D eigenvalue weighted by Crippen LogP contribution is 2.25. The Morgan fingerprint density at radius 3 is 2.65 bits per heavy atom. The molecule has 0 spiro atoms. The lowest BCUT2D eigenvalue weighted by Crippen LogP contribution is -2.57. The number of nitrogens with one attached hydrogen (secondary N) is 1. The number of hydrogen-bond acceptors (Lipinski definition) is 5. The molecule has 0 amide bonds. The van der Waals surface area contributed by atoms with Crippen molar-refractivity contribution in [3.63, 3.8) is 0 Å². The predicted molar refractivity (Wildman–Crippen MR) is 116 cm³/mol. The van der Waals surface area contributed by atoms with E-state index in [-0.39, 0.29) is 29.5 Å². The number of ether oxygens (including phenoxy) is 3. The van der Waals surface area contributed by atoms with Crippen LogP contribution in [0.15, 0.2) is 4.99 Å². The molecule has 2 saturated heterocycles. The highest BCUT2D eigenvalue weighted by atomic mass is 127. The molecule has 2 rings (SSSR count). The molecule has 0 radical (unpaired) electrons. The van der Waals surface area contributed by atoms with Gasteiger partial charge in [-0.1, -0.05) is 0 Å². The van der Waals surface area contributed by atoms with Crippen LogP contribution in [0.5, 0.6) is 0 Å². The van der Waals surface area contributed by atoms with E-state index in [0.29, 0.717) is 19.1 Å². The molecular weight excluding hydrogens is 447 g/mol. The van der Waals surface area contributed by atoms with E-state index in [1.807, 2.05) is 7.05 Å². The van der Waals surface area contributed by atoms with Crippen molar-refractivity contribution in [3.8, 4) is 0 Å². The standard InChI is InChI=1S/C18H36N4O3.HI/c1-19-17(20-15-18(21(2)3)6-9-24-10-7-18)22-8-5-16(13-22)14-25-12-11-23-4;/h16H,5-15H2,1-4H3,(H,19,20);1H. The van der Waals surface area contributed by atoms with Gasteiger partial charge in [0.2, 0.25) is 0 Å². The first-order chi connectivity index (χ1) is 12.1. The normalized spacial score (nSPS) is 23.2. The van der Waals surface area contributed by atoms with Gasteiger partial charge in [-0.15, -0.1) is 24.0 Å². The molecule has 7 nitrogen and oxygen atoms in total. The van der Waals surface area contributed by atoms with E-state index in [1.54, 1.807) is 7.11 Å². The molecular formula is C18H37IN4O3. The van der Waals surface area contributed by atoms with Gasteiger partial charge in [0, 0.05) is 58.5 Å². The molecule has 2 aliphatic rings. The molecule has 1 unspecified atom stereocenters. The Labute approximate surface area is 175 Å². The zero-order valence-corrected chi connectivity index (χ0v) is 19.2. The van der Waals surface area contributed by atoms with Crippen LogP contribution in [0.1, 0.15) is 19.3 Å². The average molecular weight is 484 g/mol. The maximum atomic E-state index is 5.69. The first kappa shape index (κ1) is 23.9. The molecule has 0 saturated carbocycles. The van der Waals surface area contributed by atoms with Crippen LogP contribution in [0.4, 0.5) is 0 Å². The van der Waals surface area contributed by atoms with Gasteiger partial charge in [0.1, 0.15) is 0 Å². The van der Waals surface area contributed by atoms with Crippen molar-refractivity contribution in [3.05, 3.63) is 0 Å². The second-order valence-electron chi connectivity index (χ2n) is 7.30. The molecule has 2 fully saturated rings. The first-order valence-electron chi connectivity index (χ1n) is 9.39. The smallest absolute Gasteiger partial charge is 0.193 e. The van der Waals surface area contributed by atoms with Crippen LogP contribution in [0, 0.1) is 5.92 Å². The summed E-state index contributed by atoms with van der Waals surface area (Å²) in [7, 11) is 7.91. The van der Waals surface area contributed by atoms with Crippen molar-refractivity contribution in [2.24, 2.45) is 10.9 Å². The number of likely N-dealkylation sites (N-methyl/N-ethyl adjacent to an activating group) is 1. The Hall–Kier alpha value is -0.160. The summed E-state index contributed by atoms with van der Waals surface area (Å²) in [5.41, 5.74) is 0.149. The molecule has 154 valence electrons. The SMILES string of the molecule is CN=C(NCC1(N(C)C)CCOCC1)N1CCC(COCCOC)C1.I. The lowest BCUT2D eigenvalue weighted by molar-refractivity contribution is -0.00523.